The predicted molar refractivity (Wildman–Crippen MR) is 78.5 cm³/mol. The molecule has 110 valence electrons. The maximum atomic E-state index is 13.0. The lowest BCUT2D eigenvalue weighted by atomic mass is 10.1. The molecule has 3 nitrogen and oxygen atoms in total. The third kappa shape index (κ3) is 3.60. The Bertz CT molecular complexity index is 600. The van der Waals surface area contributed by atoms with E-state index in [-0.39, 0.29) is 17.7 Å². The van der Waals surface area contributed by atoms with Crippen LogP contribution in [0.3, 0.4) is 0 Å². The van der Waals surface area contributed by atoms with Gasteiger partial charge in [0.1, 0.15) is 11.6 Å². The smallest absolute Gasteiger partial charge is 0.123 e. The molecule has 0 bridgehead atoms. The van der Waals surface area contributed by atoms with E-state index in [9.17, 15) is 9.50 Å². The summed E-state index contributed by atoms with van der Waals surface area (Å²) in [7, 11) is 0. The summed E-state index contributed by atoms with van der Waals surface area (Å²) >= 11 is 0. The van der Waals surface area contributed by atoms with E-state index in [2.05, 4.69) is 4.90 Å². The highest BCUT2D eigenvalue weighted by atomic mass is 19.1. The van der Waals surface area contributed by atoms with Crippen LogP contribution in [0.5, 0.6) is 5.75 Å². The monoisotopic (exact) mass is 287 g/mol. The highest BCUT2D eigenvalue weighted by Gasteiger charge is 2.22. The summed E-state index contributed by atoms with van der Waals surface area (Å²) in [5, 5.41) is 9.52. The summed E-state index contributed by atoms with van der Waals surface area (Å²) in [5.41, 5.74) is 2.08. The SMILES string of the molecule is Oc1cccc(CN2CCOC(c3ccc(F)cc3)C2)c1. The number of hydrogen-bond acceptors (Lipinski definition) is 3. The lowest BCUT2D eigenvalue weighted by Crippen LogP contribution is -2.37. The summed E-state index contributed by atoms with van der Waals surface area (Å²) < 4.78 is 18.8. The molecule has 0 aromatic heterocycles. The first-order valence-corrected chi connectivity index (χ1v) is 7.08. The van der Waals surface area contributed by atoms with Crippen molar-refractivity contribution in [2.45, 2.75) is 12.6 Å². The minimum atomic E-state index is -0.230. The summed E-state index contributed by atoms with van der Waals surface area (Å²) in [6.45, 7) is 3.05. The molecule has 1 saturated heterocycles. The zero-order valence-electron chi connectivity index (χ0n) is 11.7. The molecule has 0 amide bonds. The van der Waals surface area contributed by atoms with Gasteiger partial charge in [0.15, 0.2) is 0 Å². The third-order valence-electron chi connectivity index (χ3n) is 3.71. The minimum absolute atomic E-state index is 0.0309. The molecule has 0 radical (unpaired) electrons. The Morgan fingerprint density at radius 3 is 2.76 bits per heavy atom. The number of aromatic hydroxyl groups is 1. The quantitative estimate of drug-likeness (QED) is 0.941. The van der Waals surface area contributed by atoms with Crippen molar-refractivity contribution in [3.05, 3.63) is 65.5 Å². The summed E-state index contributed by atoms with van der Waals surface area (Å²) in [6, 6.07) is 13.8. The van der Waals surface area contributed by atoms with Gasteiger partial charge in [0.25, 0.3) is 0 Å². The topological polar surface area (TPSA) is 32.7 Å². The van der Waals surface area contributed by atoms with Gasteiger partial charge < -0.3 is 9.84 Å². The molecule has 0 aliphatic carbocycles. The van der Waals surface area contributed by atoms with Crippen LogP contribution in [0.25, 0.3) is 0 Å². The van der Waals surface area contributed by atoms with Crippen molar-refractivity contribution in [3.8, 4) is 5.75 Å². The van der Waals surface area contributed by atoms with E-state index < -0.39 is 0 Å². The molecule has 1 aliphatic rings. The van der Waals surface area contributed by atoms with Crippen LogP contribution >= 0.6 is 0 Å². The summed E-state index contributed by atoms with van der Waals surface area (Å²) in [4.78, 5) is 2.28. The molecule has 3 rings (SSSR count). The molecule has 0 spiro atoms. The molecule has 1 heterocycles. The van der Waals surface area contributed by atoms with Gasteiger partial charge in [-0.25, -0.2) is 4.39 Å². The van der Waals surface area contributed by atoms with E-state index in [0.29, 0.717) is 6.61 Å². The zero-order valence-corrected chi connectivity index (χ0v) is 11.7. The van der Waals surface area contributed by atoms with Gasteiger partial charge in [-0.3, -0.25) is 4.90 Å². The number of halogens is 1. The average Bonchev–Trinajstić information content (AvgIpc) is 2.48. The van der Waals surface area contributed by atoms with E-state index in [0.717, 1.165) is 30.8 Å². The first kappa shape index (κ1) is 14.0. The van der Waals surface area contributed by atoms with Crippen molar-refractivity contribution in [1.82, 2.24) is 4.90 Å². The second-order valence-electron chi connectivity index (χ2n) is 5.32. The number of rotatable bonds is 3. The highest BCUT2D eigenvalue weighted by Crippen LogP contribution is 2.24. The fourth-order valence-electron chi connectivity index (χ4n) is 2.64. The van der Waals surface area contributed by atoms with Crippen molar-refractivity contribution < 1.29 is 14.2 Å². The van der Waals surface area contributed by atoms with Crippen molar-refractivity contribution in [1.29, 1.82) is 0 Å². The zero-order chi connectivity index (χ0) is 14.7. The predicted octanol–water partition coefficient (Wildman–Crippen LogP) is 3.10. The third-order valence-corrected chi connectivity index (χ3v) is 3.71. The maximum absolute atomic E-state index is 13.0. The van der Waals surface area contributed by atoms with Crippen LogP contribution in [0.1, 0.15) is 17.2 Å². The molecule has 1 fully saturated rings. The molecule has 1 atom stereocenters. The molecule has 1 N–H and O–H groups in total. The Morgan fingerprint density at radius 2 is 2.00 bits per heavy atom. The lowest BCUT2D eigenvalue weighted by Gasteiger charge is -2.33. The molecule has 0 saturated carbocycles. The molecular formula is C17H18FNO2. The second kappa shape index (κ2) is 6.24. The van der Waals surface area contributed by atoms with Gasteiger partial charge >= 0.3 is 0 Å². The Balaban J connectivity index is 1.67. The van der Waals surface area contributed by atoms with Crippen LogP contribution in [0.2, 0.25) is 0 Å². The molecular weight excluding hydrogens is 269 g/mol. The number of morpholine rings is 1. The number of hydrogen-bond donors (Lipinski definition) is 1. The van der Waals surface area contributed by atoms with Gasteiger partial charge in [-0.05, 0) is 35.4 Å². The fraction of sp³-hybridized carbons (Fsp3) is 0.294. The van der Waals surface area contributed by atoms with Gasteiger partial charge in [0.05, 0.1) is 12.7 Å². The number of phenolic OH excluding ortho intramolecular Hbond substituents is 1. The minimum Gasteiger partial charge on any atom is -0.508 e. The summed E-state index contributed by atoms with van der Waals surface area (Å²) in [5.74, 6) is 0.0574. The Labute approximate surface area is 123 Å². The molecule has 21 heavy (non-hydrogen) atoms. The van der Waals surface area contributed by atoms with Crippen LogP contribution in [-0.2, 0) is 11.3 Å². The Hall–Kier alpha value is -1.91. The molecule has 4 heteroatoms. The van der Waals surface area contributed by atoms with Gasteiger partial charge in [-0.2, -0.15) is 0 Å². The maximum Gasteiger partial charge on any atom is 0.123 e. The molecule has 1 aliphatic heterocycles. The van der Waals surface area contributed by atoms with Crippen LogP contribution in [-0.4, -0.2) is 29.7 Å². The Morgan fingerprint density at radius 1 is 1.19 bits per heavy atom. The van der Waals surface area contributed by atoms with E-state index >= 15 is 0 Å². The fourth-order valence-corrected chi connectivity index (χ4v) is 2.64. The van der Waals surface area contributed by atoms with E-state index in [4.69, 9.17) is 4.74 Å². The van der Waals surface area contributed by atoms with Gasteiger partial charge in [0.2, 0.25) is 0 Å². The van der Waals surface area contributed by atoms with Gasteiger partial charge in [-0.15, -0.1) is 0 Å². The van der Waals surface area contributed by atoms with E-state index in [1.807, 2.05) is 12.1 Å². The van der Waals surface area contributed by atoms with E-state index in [1.165, 1.54) is 12.1 Å². The standard InChI is InChI=1S/C17H18FNO2/c18-15-6-4-14(5-7-15)17-12-19(8-9-21-17)11-13-2-1-3-16(20)10-13/h1-7,10,17,20H,8-9,11-12H2. The van der Waals surface area contributed by atoms with Gasteiger partial charge in [-0.1, -0.05) is 24.3 Å². The summed E-state index contributed by atoms with van der Waals surface area (Å²) in [6.07, 6.45) is -0.0309. The van der Waals surface area contributed by atoms with Crippen molar-refractivity contribution >= 4 is 0 Å². The van der Waals surface area contributed by atoms with Crippen molar-refractivity contribution in [3.63, 3.8) is 0 Å². The Kier molecular flexibility index (Phi) is 4.18. The normalized spacial score (nSPS) is 19.6. The molecule has 1 unspecified atom stereocenters. The first-order chi connectivity index (χ1) is 10.2. The highest BCUT2D eigenvalue weighted by molar-refractivity contribution is 5.27. The molecule has 2 aromatic carbocycles. The van der Waals surface area contributed by atoms with Crippen molar-refractivity contribution in [2.75, 3.05) is 19.7 Å². The van der Waals surface area contributed by atoms with Crippen LogP contribution in [0.4, 0.5) is 4.39 Å². The lowest BCUT2D eigenvalue weighted by molar-refractivity contribution is -0.0329. The van der Waals surface area contributed by atoms with Crippen molar-refractivity contribution in [2.24, 2.45) is 0 Å². The first-order valence-electron chi connectivity index (χ1n) is 7.08. The molecule has 2 aromatic rings. The van der Waals surface area contributed by atoms with Crippen LogP contribution in [0.15, 0.2) is 48.5 Å². The van der Waals surface area contributed by atoms with Crippen LogP contribution < -0.4 is 0 Å². The second-order valence-corrected chi connectivity index (χ2v) is 5.32. The number of phenols is 1. The average molecular weight is 287 g/mol. The van der Waals surface area contributed by atoms with Crippen LogP contribution in [0, 0.1) is 5.82 Å². The number of nitrogens with zero attached hydrogens (tertiary/aromatic N) is 1. The van der Waals surface area contributed by atoms with E-state index in [1.54, 1.807) is 24.3 Å². The number of benzene rings is 2. The largest absolute Gasteiger partial charge is 0.508 e. The van der Waals surface area contributed by atoms with Gasteiger partial charge in [0, 0.05) is 19.6 Å². The number of ether oxygens (including phenoxy) is 1.